The maximum atomic E-state index is 13.8. The molecule has 0 radical (unpaired) electrons. The monoisotopic (exact) mass is 463 g/mol. The van der Waals surface area contributed by atoms with E-state index in [1.54, 1.807) is 11.0 Å². The number of halogens is 1. The van der Waals surface area contributed by atoms with Gasteiger partial charge in [-0.1, -0.05) is 24.3 Å². The molecule has 3 amide bonds. The van der Waals surface area contributed by atoms with Crippen LogP contribution < -0.4 is 0 Å². The van der Waals surface area contributed by atoms with Crippen molar-refractivity contribution in [2.75, 3.05) is 26.2 Å². The number of carbonyl (C=O) groups excluding carboxylic acids is 3. The molecular formula is C27H30FN3O3. The molecule has 0 aliphatic carbocycles. The summed E-state index contributed by atoms with van der Waals surface area (Å²) < 4.78 is 13.7. The SMILES string of the molecule is CC(C)N1C(=O)c2ccccc2C(C(=O)N2CCC2)C12CCN(C(=O)c1cccc(F)c1)CC2. The number of amides is 3. The maximum Gasteiger partial charge on any atom is 0.254 e. The normalized spacial score (nSPS) is 21.5. The Kier molecular flexibility index (Phi) is 5.66. The zero-order valence-electron chi connectivity index (χ0n) is 19.7. The third-order valence-corrected chi connectivity index (χ3v) is 7.66. The molecule has 0 N–H and O–H groups in total. The van der Waals surface area contributed by atoms with Crippen LogP contribution in [0.2, 0.25) is 0 Å². The van der Waals surface area contributed by atoms with Crippen molar-refractivity contribution in [3.8, 4) is 0 Å². The van der Waals surface area contributed by atoms with Crippen molar-refractivity contribution in [1.82, 2.24) is 14.7 Å². The van der Waals surface area contributed by atoms with E-state index in [1.165, 1.54) is 18.2 Å². The molecule has 0 aromatic heterocycles. The number of nitrogens with zero attached hydrogens (tertiary/aromatic N) is 3. The Labute approximate surface area is 199 Å². The Hall–Kier alpha value is -3.22. The minimum Gasteiger partial charge on any atom is -0.342 e. The molecule has 1 atom stereocenters. The molecular weight excluding hydrogens is 433 g/mol. The lowest BCUT2D eigenvalue weighted by Crippen LogP contribution is -2.68. The molecule has 3 heterocycles. The number of rotatable bonds is 3. The number of benzene rings is 2. The summed E-state index contributed by atoms with van der Waals surface area (Å²) in [7, 11) is 0. The third-order valence-electron chi connectivity index (χ3n) is 7.66. The zero-order chi connectivity index (χ0) is 24.0. The highest BCUT2D eigenvalue weighted by Crippen LogP contribution is 2.49. The Bertz CT molecular complexity index is 1140. The summed E-state index contributed by atoms with van der Waals surface area (Å²) >= 11 is 0. The predicted octanol–water partition coefficient (Wildman–Crippen LogP) is 3.68. The van der Waals surface area contributed by atoms with E-state index in [-0.39, 0.29) is 23.8 Å². The minimum atomic E-state index is -0.703. The number of carbonyl (C=O) groups is 3. The van der Waals surface area contributed by atoms with Crippen LogP contribution in [-0.4, -0.2) is 70.2 Å². The maximum absolute atomic E-state index is 13.8. The van der Waals surface area contributed by atoms with E-state index in [1.807, 2.05) is 47.9 Å². The first-order valence-electron chi connectivity index (χ1n) is 12.1. The van der Waals surface area contributed by atoms with Crippen LogP contribution in [0.15, 0.2) is 48.5 Å². The van der Waals surface area contributed by atoms with Crippen LogP contribution in [0.25, 0.3) is 0 Å². The van der Waals surface area contributed by atoms with Gasteiger partial charge in [0.25, 0.3) is 11.8 Å². The Morgan fingerprint density at radius 1 is 0.971 bits per heavy atom. The summed E-state index contributed by atoms with van der Waals surface area (Å²) in [5.74, 6) is -1.11. The van der Waals surface area contributed by atoms with Crippen LogP contribution in [-0.2, 0) is 4.79 Å². The fourth-order valence-corrected chi connectivity index (χ4v) is 5.97. The van der Waals surface area contributed by atoms with Crippen molar-refractivity contribution in [3.63, 3.8) is 0 Å². The lowest BCUT2D eigenvalue weighted by molar-refractivity contribution is -0.142. The van der Waals surface area contributed by atoms with Crippen LogP contribution in [0, 0.1) is 5.82 Å². The Balaban J connectivity index is 1.52. The summed E-state index contributed by atoms with van der Waals surface area (Å²) in [4.78, 5) is 46.1. The van der Waals surface area contributed by atoms with Gasteiger partial charge in [0.1, 0.15) is 5.82 Å². The Morgan fingerprint density at radius 3 is 2.29 bits per heavy atom. The highest BCUT2D eigenvalue weighted by molar-refractivity contribution is 6.02. The van der Waals surface area contributed by atoms with Gasteiger partial charge < -0.3 is 14.7 Å². The van der Waals surface area contributed by atoms with Gasteiger partial charge in [0.15, 0.2) is 0 Å². The molecule has 7 heteroatoms. The molecule has 0 saturated carbocycles. The van der Waals surface area contributed by atoms with Crippen molar-refractivity contribution >= 4 is 17.7 Å². The second-order valence-corrected chi connectivity index (χ2v) is 9.87. The smallest absolute Gasteiger partial charge is 0.254 e. The largest absolute Gasteiger partial charge is 0.342 e. The van der Waals surface area contributed by atoms with Crippen molar-refractivity contribution in [1.29, 1.82) is 0 Å². The molecule has 1 unspecified atom stereocenters. The number of fused-ring (bicyclic) bond motifs is 1. The van der Waals surface area contributed by atoms with Gasteiger partial charge in [0.05, 0.1) is 11.5 Å². The predicted molar refractivity (Wildman–Crippen MR) is 126 cm³/mol. The number of likely N-dealkylation sites (tertiary alicyclic amines) is 2. The summed E-state index contributed by atoms with van der Waals surface area (Å²) in [6, 6.07) is 13.1. The van der Waals surface area contributed by atoms with Gasteiger partial charge in [0, 0.05) is 43.3 Å². The summed E-state index contributed by atoms with van der Waals surface area (Å²) in [6.45, 7) is 6.27. The average molecular weight is 464 g/mol. The lowest BCUT2D eigenvalue weighted by Gasteiger charge is -2.57. The summed E-state index contributed by atoms with van der Waals surface area (Å²) in [5.41, 5.74) is 1.01. The van der Waals surface area contributed by atoms with Gasteiger partial charge in [-0.05, 0) is 62.9 Å². The van der Waals surface area contributed by atoms with E-state index in [2.05, 4.69) is 0 Å². The van der Waals surface area contributed by atoms with Crippen LogP contribution >= 0.6 is 0 Å². The van der Waals surface area contributed by atoms with E-state index in [9.17, 15) is 18.8 Å². The van der Waals surface area contributed by atoms with Crippen molar-refractivity contribution in [2.45, 2.75) is 50.6 Å². The first-order chi connectivity index (χ1) is 16.3. The average Bonchev–Trinajstić information content (AvgIpc) is 2.78. The van der Waals surface area contributed by atoms with Crippen LogP contribution in [0.4, 0.5) is 4.39 Å². The van der Waals surface area contributed by atoms with Gasteiger partial charge >= 0.3 is 0 Å². The van der Waals surface area contributed by atoms with Crippen molar-refractivity contribution < 1.29 is 18.8 Å². The van der Waals surface area contributed by atoms with E-state index in [0.717, 1.165) is 25.1 Å². The molecule has 2 saturated heterocycles. The first-order valence-corrected chi connectivity index (χ1v) is 12.1. The van der Waals surface area contributed by atoms with Crippen LogP contribution in [0.3, 0.4) is 0 Å². The zero-order valence-corrected chi connectivity index (χ0v) is 19.7. The number of hydrogen-bond donors (Lipinski definition) is 0. The summed E-state index contributed by atoms with van der Waals surface area (Å²) in [5, 5.41) is 0. The summed E-state index contributed by atoms with van der Waals surface area (Å²) in [6.07, 6.45) is 1.99. The van der Waals surface area contributed by atoms with Gasteiger partial charge in [0.2, 0.25) is 5.91 Å². The topological polar surface area (TPSA) is 60.9 Å². The molecule has 178 valence electrons. The van der Waals surface area contributed by atoms with E-state index in [0.29, 0.717) is 37.1 Å². The van der Waals surface area contributed by atoms with Gasteiger partial charge in [-0.25, -0.2) is 4.39 Å². The Morgan fingerprint density at radius 2 is 1.68 bits per heavy atom. The number of hydrogen-bond acceptors (Lipinski definition) is 3. The molecule has 0 bridgehead atoms. The van der Waals surface area contributed by atoms with Gasteiger partial charge in [-0.3, -0.25) is 14.4 Å². The molecule has 2 fully saturated rings. The third kappa shape index (κ3) is 3.49. The van der Waals surface area contributed by atoms with Gasteiger partial charge in [-0.2, -0.15) is 0 Å². The standard InChI is InChI=1S/C27H30FN3O3/c1-18(2)31-25(33)22-10-4-3-9-21(22)23(26(34)29-13-6-14-29)27(31)11-15-30(16-12-27)24(32)19-7-5-8-20(28)17-19/h3-5,7-10,17-18,23H,6,11-16H2,1-2H3. The molecule has 5 rings (SSSR count). The molecule has 3 aliphatic heterocycles. The van der Waals surface area contributed by atoms with Crippen LogP contribution in [0.1, 0.15) is 65.3 Å². The van der Waals surface area contributed by atoms with E-state index >= 15 is 0 Å². The molecule has 2 aromatic carbocycles. The highest BCUT2D eigenvalue weighted by atomic mass is 19.1. The highest BCUT2D eigenvalue weighted by Gasteiger charge is 2.57. The second kappa shape index (κ2) is 8.53. The van der Waals surface area contributed by atoms with E-state index < -0.39 is 17.3 Å². The quantitative estimate of drug-likeness (QED) is 0.698. The molecule has 6 nitrogen and oxygen atoms in total. The van der Waals surface area contributed by atoms with Gasteiger partial charge in [-0.15, -0.1) is 0 Å². The molecule has 3 aliphatic rings. The van der Waals surface area contributed by atoms with E-state index in [4.69, 9.17) is 0 Å². The van der Waals surface area contributed by atoms with Crippen molar-refractivity contribution in [3.05, 3.63) is 71.0 Å². The van der Waals surface area contributed by atoms with Crippen molar-refractivity contribution in [2.24, 2.45) is 0 Å². The fraction of sp³-hybridized carbons (Fsp3) is 0.444. The minimum absolute atomic E-state index is 0.0526. The molecule has 34 heavy (non-hydrogen) atoms. The van der Waals surface area contributed by atoms with Crippen LogP contribution in [0.5, 0.6) is 0 Å². The molecule has 1 spiro atoms. The second-order valence-electron chi connectivity index (χ2n) is 9.87. The lowest BCUT2D eigenvalue weighted by atomic mass is 9.66. The number of piperidine rings is 1. The fourth-order valence-electron chi connectivity index (χ4n) is 5.97. The molecule has 2 aromatic rings. The first kappa shape index (κ1) is 22.6.